The summed E-state index contributed by atoms with van der Waals surface area (Å²) in [5.74, 6) is 1.48. The molecular formula is C30H37N7O4. The van der Waals surface area contributed by atoms with E-state index in [2.05, 4.69) is 20.8 Å². The molecule has 2 aromatic heterocycles. The van der Waals surface area contributed by atoms with E-state index in [-0.39, 0.29) is 18.6 Å². The molecule has 1 amide bonds. The van der Waals surface area contributed by atoms with Crippen LogP contribution in [0.1, 0.15) is 50.9 Å². The van der Waals surface area contributed by atoms with E-state index in [1.54, 1.807) is 20.8 Å². The van der Waals surface area contributed by atoms with Crippen molar-refractivity contribution in [3.05, 3.63) is 59.7 Å². The number of rotatable bonds is 10. The lowest BCUT2D eigenvalue weighted by atomic mass is 9.89. The molecule has 0 saturated carbocycles. The molecule has 4 aromatic rings. The summed E-state index contributed by atoms with van der Waals surface area (Å²) in [5.41, 5.74) is 3.18. The molecule has 2 N–H and O–H groups in total. The first-order valence-corrected chi connectivity index (χ1v) is 14.0. The van der Waals surface area contributed by atoms with E-state index in [0.717, 1.165) is 46.5 Å². The van der Waals surface area contributed by atoms with Gasteiger partial charge in [0.15, 0.2) is 0 Å². The molecule has 2 aromatic carbocycles. The number of aryl methyl sites for hydroxylation is 2. The summed E-state index contributed by atoms with van der Waals surface area (Å²) in [6.07, 6.45) is 1.73. The highest BCUT2D eigenvalue weighted by molar-refractivity contribution is 5.90. The van der Waals surface area contributed by atoms with Crippen molar-refractivity contribution in [2.45, 2.75) is 58.7 Å². The zero-order valence-electron chi connectivity index (χ0n) is 24.2. The van der Waals surface area contributed by atoms with E-state index in [1.165, 1.54) is 0 Å². The van der Waals surface area contributed by atoms with Crippen molar-refractivity contribution in [1.82, 2.24) is 29.9 Å². The number of carbonyl (C=O) groups excluding carboxylic acids is 2. The van der Waals surface area contributed by atoms with Crippen molar-refractivity contribution in [3.8, 4) is 11.4 Å². The third-order valence-electron chi connectivity index (χ3n) is 7.45. The van der Waals surface area contributed by atoms with E-state index in [1.807, 2.05) is 65.9 Å². The molecule has 11 heteroatoms. The summed E-state index contributed by atoms with van der Waals surface area (Å²) in [7, 11) is 1.97. The van der Waals surface area contributed by atoms with Crippen LogP contribution < -0.4 is 10.6 Å². The molecule has 1 fully saturated rings. The van der Waals surface area contributed by atoms with Gasteiger partial charge < -0.3 is 24.0 Å². The van der Waals surface area contributed by atoms with E-state index < -0.39 is 11.5 Å². The predicted molar refractivity (Wildman–Crippen MR) is 155 cm³/mol. The highest BCUT2D eigenvalue weighted by atomic mass is 16.5. The third-order valence-corrected chi connectivity index (χ3v) is 7.45. The lowest BCUT2D eigenvalue weighted by Crippen LogP contribution is -2.54. The van der Waals surface area contributed by atoms with Gasteiger partial charge in [-0.15, -0.1) is 0 Å². The number of likely N-dealkylation sites (tertiary alicyclic amines) is 1. The monoisotopic (exact) mass is 559 g/mol. The Morgan fingerprint density at radius 1 is 1.10 bits per heavy atom. The molecule has 1 saturated heterocycles. The molecule has 0 aliphatic carbocycles. The zero-order chi connectivity index (χ0) is 29.1. The van der Waals surface area contributed by atoms with Gasteiger partial charge >= 0.3 is 5.97 Å². The van der Waals surface area contributed by atoms with Gasteiger partial charge in [0.1, 0.15) is 11.4 Å². The van der Waals surface area contributed by atoms with Gasteiger partial charge in [0.05, 0.1) is 30.2 Å². The van der Waals surface area contributed by atoms with Crippen LogP contribution in [0.2, 0.25) is 0 Å². The van der Waals surface area contributed by atoms with Crippen LogP contribution in [-0.4, -0.2) is 62.2 Å². The quantitative estimate of drug-likeness (QED) is 0.278. The number of aromatic nitrogens is 4. The second-order valence-electron chi connectivity index (χ2n) is 10.9. The molecule has 11 nitrogen and oxygen atoms in total. The number of amides is 1. The van der Waals surface area contributed by atoms with E-state index in [4.69, 9.17) is 14.2 Å². The number of hydrogen-bond acceptors (Lipinski definition) is 9. The van der Waals surface area contributed by atoms with Gasteiger partial charge in [-0.1, -0.05) is 11.2 Å². The third kappa shape index (κ3) is 6.09. The Labute approximate surface area is 239 Å². The lowest BCUT2D eigenvalue weighted by Gasteiger charge is -2.34. The largest absolute Gasteiger partial charge is 0.462 e. The summed E-state index contributed by atoms with van der Waals surface area (Å²) >= 11 is 0. The van der Waals surface area contributed by atoms with Gasteiger partial charge in [-0.25, -0.2) is 4.98 Å². The number of esters is 1. The Morgan fingerprint density at radius 2 is 1.83 bits per heavy atom. The zero-order valence-corrected chi connectivity index (χ0v) is 24.2. The first-order chi connectivity index (χ1) is 19.6. The molecule has 216 valence electrons. The van der Waals surface area contributed by atoms with Crippen molar-refractivity contribution >= 4 is 28.6 Å². The number of imidazole rings is 1. The maximum Gasteiger partial charge on any atom is 0.320 e. The molecule has 1 aliphatic rings. The van der Waals surface area contributed by atoms with Crippen LogP contribution in [0.5, 0.6) is 0 Å². The maximum atomic E-state index is 13.7. The fourth-order valence-electron chi connectivity index (χ4n) is 5.14. The fraction of sp³-hybridized carbons (Fsp3) is 0.433. The topological polar surface area (TPSA) is 127 Å². The normalized spacial score (nSPS) is 14.9. The fourth-order valence-corrected chi connectivity index (χ4v) is 5.14. The standard InChI is InChI=1S/C30H37N7O4/c1-19(2)40-27(38)18-32-30(4,29(39)37-14-6-7-15-37)22-10-13-25-24(16-22)34-26(36(25)5)17-31-23-11-8-21(9-12-23)28-33-20(3)41-35-28/h8-13,16,19,31-32H,6-7,14-15,17-18H2,1-5H3. The van der Waals surface area contributed by atoms with E-state index in [0.29, 0.717) is 31.3 Å². The van der Waals surface area contributed by atoms with E-state index >= 15 is 0 Å². The molecule has 0 bridgehead atoms. The van der Waals surface area contributed by atoms with Crippen LogP contribution in [0.3, 0.4) is 0 Å². The molecular weight excluding hydrogens is 522 g/mol. The van der Waals surface area contributed by atoms with Gasteiger partial charge in [0.2, 0.25) is 17.6 Å². The number of nitrogens with zero attached hydrogens (tertiary/aromatic N) is 5. The summed E-state index contributed by atoms with van der Waals surface area (Å²) in [4.78, 5) is 37.1. The average molecular weight is 560 g/mol. The van der Waals surface area contributed by atoms with Crippen molar-refractivity contribution in [1.29, 1.82) is 0 Å². The maximum absolute atomic E-state index is 13.7. The number of fused-ring (bicyclic) bond motifs is 1. The van der Waals surface area contributed by atoms with Crippen LogP contribution in [0.15, 0.2) is 47.0 Å². The Bertz CT molecular complexity index is 1540. The Hall–Kier alpha value is -4.25. The SMILES string of the molecule is Cc1nc(-c2ccc(NCc3nc4cc(C(C)(NCC(=O)OC(C)C)C(=O)N5CCCC5)ccc4n3C)cc2)no1. The number of anilines is 1. The minimum absolute atomic E-state index is 0.0519. The van der Waals surface area contributed by atoms with Crippen molar-refractivity contribution in [3.63, 3.8) is 0 Å². The Morgan fingerprint density at radius 3 is 2.49 bits per heavy atom. The van der Waals surface area contributed by atoms with E-state index in [9.17, 15) is 9.59 Å². The number of ether oxygens (including phenoxy) is 1. The van der Waals surface area contributed by atoms with Gasteiger partial charge in [-0.2, -0.15) is 4.98 Å². The van der Waals surface area contributed by atoms with Crippen molar-refractivity contribution in [2.75, 3.05) is 25.0 Å². The minimum Gasteiger partial charge on any atom is -0.462 e. The van der Waals surface area contributed by atoms with Crippen molar-refractivity contribution in [2.24, 2.45) is 7.05 Å². The molecule has 41 heavy (non-hydrogen) atoms. The summed E-state index contributed by atoms with van der Waals surface area (Å²) in [6, 6.07) is 13.7. The van der Waals surface area contributed by atoms with Crippen molar-refractivity contribution < 1.29 is 18.8 Å². The Kier molecular flexibility index (Phi) is 8.07. The number of nitrogens with one attached hydrogen (secondary N) is 2. The van der Waals surface area contributed by atoms with Crippen LogP contribution in [0.4, 0.5) is 5.69 Å². The number of hydrogen-bond donors (Lipinski definition) is 2. The van der Waals surface area contributed by atoms with Crippen LogP contribution in [-0.2, 0) is 33.5 Å². The van der Waals surface area contributed by atoms with Gasteiger partial charge in [0.25, 0.3) is 0 Å². The number of benzene rings is 2. The molecule has 0 spiro atoms. The number of carbonyl (C=O) groups is 2. The second-order valence-corrected chi connectivity index (χ2v) is 10.9. The van der Waals surface area contributed by atoms with Crippen LogP contribution >= 0.6 is 0 Å². The molecule has 5 rings (SSSR count). The van der Waals surface area contributed by atoms with Crippen LogP contribution in [0.25, 0.3) is 22.4 Å². The Balaban J connectivity index is 1.35. The smallest absolute Gasteiger partial charge is 0.320 e. The minimum atomic E-state index is -1.11. The first kappa shape index (κ1) is 28.3. The molecule has 1 unspecified atom stereocenters. The predicted octanol–water partition coefficient (Wildman–Crippen LogP) is 3.92. The molecule has 1 aliphatic heterocycles. The highest BCUT2D eigenvalue weighted by Crippen LogP contribution is 2.29. The highest BCUT2D eigenvalue weighted by Gasteiger charge is 2.40. The molecule has 0 radical (unpaired) electrons. The molecule has 1 atom stereocenters. The van der Waals surface area contributed by atoms with Crippen LogP contribution in [0, 0.1) is 6.92 Å². The summed E-state index contributed by atoms with van der Waals surface area (Å²) < 4.78 is 12.4. The first-order valence-electron chi connectivity index (χ1n) is 14.0. The van der Waals surface area contributed by atoms with Gasteiger partial charge in [-0.3, -0.25) is 14.9 Å². The van der Waals surface area contributed by atoms with Gasteiger partial charge in [0, 0.05) is 38.3 Å². The molecule has 3 heterocycles. The second kappa shape index (κ2) is 11.7. The lowest BCUT2D eigenvalue weighted by molar-refractivity contribution is -0.147. The summed E-state index contributed by atoms with van der Waals surface area (Å²) in [6.45, 7) is 9.06. The summed E-state index contributed by atoms with van der Waals surface area (Å²) in [5, 5.41) is 10.6. The average Bonchev–Trinajstić information content (AvgIpc) is 3.71. The van der Waals surface area contributed by atoms with Gasteiger partial charge in [-0.05, 0) is 75.6 Å².